The molecule has 0 aliphatic carbocycles. The molecule has 1 aromatic heterocycles. The highest BCUT2D eigenvalue weighted by molar-refractivity contribution is 7.90. The number of rotatable bonds is 4. The summed E-state index contributed by atoms with van der Waals surface area (Å²) in [6, 6.07) is 1.63. The van der Waals surface area contributed by atoms with Crippen LogP contribution in [0.1, 0.15) is 34.7 Å². The maximum atomic E-state index is 11.2. The molecule has 90 valence electrons. The van der Waals surface area contributed by atoms with Crippen LogP contribution in [0.4, 0.5) is 0 Å². The lowest BCUT2D eigenvalue weighted by atomic mass is 10.3. The number of carbonyl (C=O) groups excluding carboxylic acids is 1. The van der Waals surface area contributed by atoms with Gasteiger partial charge in [-0.2, -0.15) is 0 Å². The Labute approximate surface area is 96.2 Å². The van der Waals surface area contributed by atoms with E-state index in [-0.39, 0.29) is 11.8 Å². The lowest BCUT2D eigenvalue weighted by Crippen LogP contribution is -2.18. The summed E-state index contributed by atoms with van der Waals surface area (Å²) in [5.41, 5.74) is 2.36. The molecular weight excluding hydrogens is 226 g/mol. The molecule has 0 saturated carbocycles. The van der Waals surface area contributed by atoms with Gasteiger partial charge in [0, 0.05) is 29.2 Å². The standard InChI is InChI=1S/C11H17NO3S/c1-8-5-11(6-13)10(3)12(8)9(2)7-16(4,14)15/h5-6,9H,7H2,1-4H3. The summed E-state index contributed by atoms with van der Waals surface area (Å²) in [7, 11) is -3.01. The second-order valence-corrected chi connectivity index (χ2v) is 6.44. The van der Waals surface area contributed by atoms with Crippen LogP contribution in [-0.4, -0.2) is 31.3 Å². The minimum atomic E-state index is -3.01. The number of carbonyl (C=O) groups is 1. The predicted molar refractivity (Wildman–Crippen MR) is 63.7 cm³/mol. The first kappa shape index (κ1) is 13.0. The summed E-state index contributed by atoms with van der Waals surface area (Å²) in [5.74, 6) is 0.0850. The third-order valence-corrected chi connectivity index (χ3v) is 3.72. The Balaban J connectivity index is 3.13. The van der Waals surface area contributed by atoms with Gasteiger partial charge in [-0.1, -0.05) is 0 Å². The van der Waals surface area contributed by atoms with Gasteiger partial charge in [-0.15, -0.1) is 0 Å². The van der Waals surface area contributed by atoms with Gasteiger partial charge in [0.15, 0.2) is 6.29 Å². The highest BCUT2D eigenvalue weighted by Gasteiger charge is 2.17. The van der Waals surface area contributed by atoms with Gasteiger partial charge in [-0.3, -0.25) is 4.79 Å². The molecule has 0 fully saturated rings. The molecule has 0 aliphatic rings. The molecule has 1 aromatic rings. The van der Waals surface area contributed by atoms with E-state index < -0.39 is 9.84 Å². The average molecular weight is 243 g/mol. The first-order valence-electron chi connectivity index (χ1n) is 5.07. The van der Waals surface area contributed by atoms with E-state index >= 15 is 0 Å². The van der Waals surface area contributed by atoms with Crippen LogP contribution >= 0.6 is 0 Å². The first-order valence-corrected chi connectivity index (χ1v) is 7.13. The van der Waals surface area contributed by atoms with E-state index in [1.54, 1.807) is 6.07 Å². The number of hydrogen-bond acceptors (Lipinski definition) is 3. The predicted octanol–water partition coefficient (Wildman–Crippen LogP) is 1.52. The van der Waals surface area contributed by atoms with Gasteiger partial charge in [-0.25, -0.2) is 8.42 Å². The van der Waals surface area contributed by atoms with Crippen molar-refractivity contribution in [3.63, 3.8) is 0 Å². The number of aldehydes is 1. The Morgan fingerprint density at radius 3 is 2.38 bits per heavy atom. The largest absolute Gasteiger partial charge is 0.345 e. The van der Waals surface area contributed by atoms with Gasteiger partial charge in [0.05, 0.1) is 5.75 Å². The van der Waals surface area contributed by atoms with E-state index in [0.717, 1.165) is 17.7 Å². The lowest BCUT2D eigenvalue weighted by Gasteiger charge is -2.17. The van der Waals surface area contributed by atoms with E-state index in [0.29, 0.717) is 5.56 Å². The van der Waals surface area contributed by atoms with E-state index in [1.165, 1.54) is 6.26 Å². The van der Waals surface area contributed by atoms with Gasteiger partial charge in [0.25, 0.3) is 0 Å². The zero-order valence-electron chi connectivity index (χ0n) is 10.0. The van der Waals surface area contributed by atoms with E-state index in [9.17, 15) is 13.2 Å². The van der Waals surface area contributed by atoms with Crippen molar-refractivity contribution in [2.45, 2.75) is 26.8 Å². The lowest BCUT2D eigenvalue weighted by molar-refractivity contribution is 0.112. The monoisotopic (exact) mass is 243 g/mol. The molecule has 1 heterocycles. The zero-order chi connectivity index (χ0) is 12.5. The molecule has 16 heavy (non-hydrogen) atoms. The Morgan fingerprint density at radius 2 is 2.00 bits per heavy atom. The van der Waals surface area contributed by atoms with Crippen molar-refractivity contribution >= 4 is 16.1 Å². The quantitative estimate of drug-likeness (QED) is 0.753. The number of sulfone groups is 1. The molecule has 1 unspecified atom stereocenters. The molecule has 0 aliphatic heterocycles. The molecule has 0 N–H and O–H groups in total. The van der Waals surface area contributed by atoms with E-state index in [1.807, 2.05) is 25.3 Å². The summed E-state index contributed by atoms with van der Waals surface area (Å²) in [6.07, 6.45) is 2.02. The van der Waals surface area contributed by atoms with Crippen molar-refractivity contribution in [2.24, 2.45) is 0 Å². The Hall–Kier alpha value is -1.10. The molecular formula is C11H17NO3S. The number of hydrogen-bond donors (Lipinski definition) is 0. The summed E-state index contributed by atoms with van der Waals surface area (Å²) in [6.45, 7) is 5.55. The molecule has 0 amide bonds. The van der Waals surface area contributed by atoms with Crippen LogP contribution in [0.5, 0.6) is 0 Å². The molecule has 4 nitrogen and oxygen atoms in total. The number of aromatic nitrogens is 1. The van der Waals surface area contributed by atoms with E-state index in [4.69, 9.17) is 0 Å². The van der Waals surface area contributed by atoms with Crippen molar-refractivity contribution in [3.8, 4) is 0 Å². The molecule has 5 heteroatoms. The molecule has 0 radical (unpaired) electrons. The van der Waals surface area contributed by atoms with Crippen LogP contribution in [0.15, 0.2) is 6.07 Å². The average Bonchev–Trinajstić information content (AvgIpc) is 2.38. The van der Waals surface area contributed by atoms with Crippen molar-refractivity contribution in [2.75, 3.05) is 12.0 Å². The summed E-state index contributed by atoms with van der Waals surface area (Å²) >= 11 is 0. The van der Waals surface area contributed by atoms with Gasteiger partial charge in [-0.05, 0) is 26.8 Å². The fourth-order valence-corrected chi connectivity index (χ4v) is 3.14. The summed E-state index contributed by atoms with van der Waals surface area (Å²) in [5, 5.41) is 0. The minimum Gasteiger partial charge on any atom is -0.345 e. The van der Waals surface area contributed by atoms with Crippen LogP contribution in [0.25, 0.3) is 0 Å². The Morgan fingerprint density at radius 1 is 1.44 bits per heavy atom. The number of nitrogens with zero attached hydrogens (tertiary/aromatic N) is 1. The molecule has 1 rings (SSSR count). The third kappa shape index (κ3) is 2.72. The van der Waals surface area contributed by atoms with Gasteiger partial charge < -0.3 is 4.57 Å². The fraction of sp³-hybridized carbons (Fsp3) is 0.545. The van der Waals surface area contributed by atoms with E-state index in [2.05, 4.69) is 0 Å². The topological polar surface area (TPSA) is 56.1 Å². The second-order valence-electron chi connectivity index (χ2n) is 4.26. The van der Waals surface area contributed by atoms with Crippen LogP contribution in [-0.2, 0) is 9.84 Å². The molecule has 1 atom stereocenters. The van der Waals surface area contributed by atoms with Crippen LogP contribution in [0.2, 0.25) is 0 Å². The molecule has 0 bridgehead atoms. The molecule has 0 aromatic carbocycles. The third-order valence-electron chi connectivity index (χ3n) is 2.64. The Kier molecular flexibility index (Phi) is 3.57. The van der Waals surface area contributed by atoms with Crippen LogP contribution in [0.3, 0.4) is 0 Å². The molecule has 0 saturated heterocycles. The highest BCUT2D eigenvalue weighted by atomic mass is 32.2. The smallest absolute Gasteiger partial charge is 0.151 e. The Bertz CT molecular complexity index is 500. The SMILES string of the molecule is Cc1cc(C=O)c(C)n1C(C)CS(C)(=O)=O. The summed E-state index contributed by atoms with van der Waals surface area (Å²) in [4.78, 5) is 10.8. The zero-order valence-corrected chi connectivity index (χ0v) is 10.8. The fourth-order valence-electron chi connectivity index (χ4n) is 2.11. The van der Waals surface area contributed by atoms with Crippen molar-refractivity contribution in [1.82, 2.24) is 4.57 Å². The maximum absolute atomic E-state index is 11.2. The maximum Gasteiger partial charge on any atom is 0.151 e. The van der Waals surface area contributed by atoms with Gasteiger partial charge in [0.1, 0.15) is 9.84 Å². The van der Waals surface area contributed by atoms with Crippen molar-refractivity contribution in [1.29, 1.82) is 0 Å². The molecule has 0 spiro atoms. The van der Waals surface area contributed by atoms with Gasteiger partial charge in [0.2, 0.25) is 0 Å². The first-order chi connectivity index (χ1) is 7.26. The minimum absolute atomic E-state index is 0.0850. The van der Waals surface area contributed by atoms with Gasteiger partial charge >= 0.3 is 0 Å². The van der Waals surface area contributed by atoms with Crippen molar-refractivity contribution in [3.05, 3.63) is 23.0 Å². The normalized spacial score (nSPS) is 13.8. The number of aryl methyl sites for hydroxylation is 1. The van der Waals surface area contributed by atoms with Crippen LogP contribution < -0.4 is 0 Å². The van der Waals surface area contributed by atoms with Crippen LogP contribution in [0, 0.1) is 13.8 Å². The van der Waals surface area contributed by atoms with Crippen molar-refractivity contribution < 1.29 is 13.2 Å². The second kappa shape index (κ2) is 4.41. The highest BCUT2D eigenvalue weighted by Crippen LogP contribution is 2.20. The summed E-state index contributed by atoms with van der Waals surface area (Å²) < 4.78 is 24.4.